The van der Waals surface area contributed by atoms with Crippen molar-refractivity contribution < 1.29 is 4.74 Å². The Morgan fingerprint density at radius 2 is 1.85 bits per heavy atom. The molecule has 1 heterocycles. The molecule has 0 aromatic rings. The highest BCUT2D eigenvalue weighted by molar-refractivity contribution is 4.71. The Labute approximate surface area is 126 Å². The lowest BCUT2D eigenvalue weighted by Gasteiger charge is -2.31. The lowest BCUT2D eigenvalue weighted by molar-refractivity contribution is 0.109. The first-order chi connectivity index (χ1) is 9.72. The number of hydrogen-bond acceptors (Lipinski definition) is 3. The SMILES string of the molecule is CCCC1CCN(CCCOCCCNC(C)C)CC1. The number of nitrogens with zero attached hydrogens (tertiary/aromatic N) is 1. The first-order valence-electron chi connectivity index (χ1n) is 8.75. The molecule has 0 bridgehead atoms. The fraction of sp³-hybridized carbons (Fsp3) is 1.00. The first kappa shape index (κ1) is 17.9. The minimum absolute atomic E-state index is 0.589. The molecule has 20 heavy (non-hydrogen) atoms. The van der Waals surface area contributed by atoms with Gasteiger partial charge in [-0.2, -0.15) is 0 Å². The van der Waals surface area contributed by atoms with E-state index in [2.05, 4.69) is 31.0 Å². The first-order valence-corrected chi connectivity index (χ1v) is 8.75. The van der Waals surface area contributed by atoms with Crippen LogP contribution in [0.15, 0.2) is 0 Å². The molecule has 0 aromatic carbocycles. The predicted molar refractivity (Wildman–Crippen MR) is 87.3 cm³/mol. The highest BCUT2D eigenvalue weighted by Crippen LogP contribution is 2.21. The lowest BCUT2D eigenvalue weighted by Crippen LogP contribution is -2.34. The standard InChI is InChI=1S/C17H36N2O/c1-4-7-17-8-12-19(13-9-17)11-6-15-20-14-5-10-18-16(2)3/h16-18H,4-15H2,1-3H3. The van der Waals surface area contributed by atoms with Gasteiger partial charge in [0.25, 0.3) is 0 Å². The molecule has 1 N–H and O–H groups in total. The summed E-state index contributed by atoms with van der Waals surface area (Å²) in [5, 5.41) is 3.41. The summed E-state index contributed by atoms with van der Waals surface area (Å²) in [6.07, 6.45) is 7.92. The van der Waals surface area contributed by atoms with Crippen LogP contribution in [0, 0.1) is 5.92 Å². The van der Waals surface area contributed by atoms with E-state index >= 15 is 0 Å². The van der Waals surface area contributed by atoms with Gasteiger partial charge in [0.15, 0.2) is 0 Å². The van der Waals surface area contributed by atoms with Gasteiger partial charge in [0, 0.05) is 25.8 Å². The number of piperidine rings is 1. The molecule has 0 amide bonds. The van der Waals surface area contributed by atoms with Gasteiger partial charge in [-0.3, -0.25) is 0 Å². The van der Waals surface area contributed by atoms with E-state index in [1.807, 2.05) is 0 Å². The normalized spacial score (nSPS) is 18.0. The summed E-state index contributed by atoms with van der Waals surface area (Å²) >= 11 is 0. The van der Waals surface area contributed by atoms with E-state index in [1.165, 1.54) is 51.7 Å². The average molecular weight is 284 g/mol. The zero-order chi connectivity index (χ0) is 14.6. The topological polar surface area (TPSA) is 24.5 Å². The summed E-state index contributed by atoms with van der Waals surface area (Å²) in [6, 6.07) is 0.589. The Kier molecular flexibility index (Phi) is 10.3. The summed E-state index contributed by atoms with van der Waals surface area (Å²) in [5.74, 6) is 1.00. The van der Waals surface area contributed by atoms with Gasteiger partial charge in [0.05, 0.1) is 0 Å². The zero-order valence-electron chi connectivity index (χ0n) is 14.0. The maximum atomic E-state index is 5.70. The molecule has 1 aliphatic heterocycles. The van der Waals surface area contributed by atoms with Gasteiger partial charge >= 0.3 is 0 Å². The molecule has 0 atom stereocenters. The largest absolute Gasteiger partial charge is 0.381 e. The van der Waals surface area contributed by atoms with Crippen LogP contribution in [0.1, 0.15) is 59.3 Å². The number of likely N-dealkylation sites (tertiary alicyclic amines) is 1. The van der Waals surface area contributed by atoms with Crippen molar-refractivity contribution >= 4 is 0 Å². The number of nitrogens with one attached hydrogen (secondary N) is 1. The second-order valence-corrected chi connectivity index (χ2v) is 6.50. The second kappa shape index (κ2) is 11.5. The van der Waals surface area contributed by atoms with Gasteiger partial charge in [0.2, 0.25) is 0 Å². The van der Waals surface area contributed by atoms with E-state index in [9.17, 15) is 0 Å². The molecule has 0 aliphatic carbocycles. The van der Waals surface area contributed by atoms with Crippen molar-refractivity contribution in [1.29, 1.82) is 0 Å². The van der Waals surface area contributed by atoms with Crippen LogP contribution in [0.3, 0.4) is 0 Å². The van der Waals surface area contributed by atoms with Crippen molar-refractivity contribution in [2.24, 2.45) is 5.92 Å². The van der Waals surface area contributed by atoms with E-state index in [1.54, 1.807) is 0 Å². The van der Waals surface area contributed by atoms with Crippen LogP contribution in [0.2, 0.25) is 0 Å². The summed E-state index contributed by atoms with van der Waals surface area (Å²) in [7, 11) is 0. The van der Waals surface area contributed by atoms with Crippen LogP contribution in [0.5, 0.6) is 0 Å². The zero-order valence-corrected chi connectivity index (χ0v) is 14.0. The minimum atomic E-state index is 0.589. The summed E-state index contributed by atoms with van der Waals surface area (Å²) < 4.78 is 5.70. The van der Waals surface area contributed by atoms with E-state index in [4.69, 9.17) is 4.74 Å². The maximum Gasteiger partial charge on any atom is 0.0478 e. The lowest BCUT2D eigenvalue weighted by atomic mass is 9.92. The highest BCUT2D eigenvalue weighted by Gasteiger charge is 2.17. The van der Waals surface area contributed by atoms with E-state index < -0.39 is 0 Å². The summed E-state index contributed by atoms with van der Waals surface area (Å²) in [6.45, 7) is 13.4. The molecule has 3 heteroatoms. The van der Waals surface area contributed by atoms with Crippen molar-refractivity contribution in [1.82, 2.24) is 10.2 Å². The van der Waals surface area contributed by atoms with Crippen molar-refractivity contribution in [3.05, 3.63) is 0 Å². The number of rotatable bonds is 11. The van der Waals surface area contributed by atoms with Crippen molar-refractivity contribution in [3.63, 3.8) is 0 Å². The molecule has 1 aliphatic rings. The third-order valence-electron chi connectivity index (χ3n) is 4.19. The molecule has 1 fully saturated rings. The number of ether oxygens (including phenoxy) is 1. The predicted octanol–water partition coefficient (Wildman–Crippen LogP) is 3.29. The Hall–Kier alpha value is -0.120. The third kappa shape index (κ3) is 8.93. The third-order valence-corrected chi connectivity index (χ3v) is 4.19. The quantitative estimate of drug-likeness (QED) is 0.589. The molecule has 0 saturated carbocycles. The minimum Gasteiger partial charge on any atom is -0.381 e. The fourth-order valence-electron chi connectivity index (χ4n) is 2.96. The van der Waals surface area contributed by atoms with Crippen molar-refractivity contribution in [2.45, 2.75) is 65.3 Å². The smallest absolute Gasteiger partial charge is 0.0478 e. The van der Waals surface area contributed by atoms with Gasteiger partial charge in [0.1, 0.15) is 0 Å². The van der Waals surface area contributed by atoms with E-state index in [0.29, 0.717) is 6.04 Å². The molecule has 0 aromatic heterocycles. The number of hydrogen-bond donors (Lipinski definition) is 1. The van der Waals surface area contributed by atoms with Gasteiger partial charge < -0.3 is 15.0 Å². The molecular weight excluding hydrogens is 248 g/mol. The second-order valence-electron chi connectivity index (χ2n) is 6.50. The van der Waals surface area contributed by atoms with Crippen LogP contribution < -0.4 is 5.32 Å². The molecule has 1 rings (SSSR count). The van der Waals surface area contributed by atoms with Crippen LogP contribution in [-0.4, -0.2) is 50.3 Å². The van der Waals surface area contributed by atoms with E-state index in [-0.39, 0.29) is 0 Å². The average Bonchev–Trinajstić information content (AvgIpc) is 2.43. The molecule has 1 saturated heterocycles. The monoisotopic (exact) mass is 284 g/mol. The Morgan fingerprint density at radius 1 is 1.15 bits per heavy atom. The molecular formula is C17H36N2O. The Balaban J connectivity index is 1.85. The van der Waals surface area contributed by atoms with Crippen LogP contribution >= 0.6 is 0 Å². The van der Waals surface area contributed by atoms with Gasteiger partial charge in [-0.15, -0.1) is 0 Å². The van der Waals surface area contributed by atoms with E-state index in [0.717, 1.165) is 32.1 Å². The molecule has 0 radical (unpaired) electrons. The molecule has 3 nitrogen and oxygen atoms in total. The fourth-order valence-corrected chi connectivity index (χ4v) is 2.96. The Morgan fingerprint density at radius 3 is 2.50 bits per heavy atom. The van der Waals surface area contributed by atoms with Gasteiger partial charge in [-0.25, -0.2) is 0 Å². The Bertz CT molecular complexity index is 213. The van der Waals surface area contributed by atoms with Crippen LogP contribution in [0.25, 0.3) is 0 Å². The van der Waals surface area contributed by atoms with Crippen molar-refractivity contribution in [2.75, 3.05) is 39.4 Å². The molecule has 0 unspecified atom stereocenters. The van der Waals surface area contributed by atoms with Gasteiger partial charge in [-0.1, -0.05) is 33.6 Å². The summed E-state index contributed by atoms with van der Waals surface area (Å²) in [4.78, 5) is 2.62. The van der Waals surface area contributed by atoms with Gasteiger partial charge in [-0.05, 0) is 51.2 Å². The van der Waals surface area contributed by atoms with Crippen molar-refractivity contribution in [3.8, 4) is 0 Å². The maximum absolute atomic E-state index is 5.70. The highest BCUT2D eigenvalue weighted by atomic mass is 16.5. The molecule has 120 valence electrons. The van der Waals surface area contributed by atoms with Crippen LogP contribution in [0.4, 0.5) is 0 Å². The summed E-state index contributed by atoms with van der Waals surface area (Å²) in [5.41, 5.74) is 0. The van der Waals surface area contributed by atoms with Crippen LogP contribution in [-0.2, 0) is 4.74 Å². The molecule has 0 spiro atoms.